The number of aromatic nitrogens is 1. The number of nitrogens with two attached hydrogens (primary N) is 1. The lowest BCUT2D eigenvalue weighted by molar-refractivity contribution is 0.0757. The predicted octanol–water partition coefficient (Wildman–Crippen LogP) is 1.66. The Morgan fingerprint density at radius 1 is 1.11 bits per heavy atom. The van der Waals surface area contributed by atoms with Crippen molar-refractivity contribution in [3.8, 4) is 0 Å². The van der Waals surface area contributed by atoms with Gasteiger partial charge in [-0.25, -0.2) is 0 Å². The summed E-state index contributed by atoms with van der Waals surface area (Å²) in [6.07, 6.45) is 2.60. The number of rotatable bonds is 6. The van der Waals surface area contributed by atoms with E-state index in [4.69, 9.17) is 5.73 Å². The lowest BCUT2D eigenvalue weighted by Crippen LogP contribution is -2.37. The van der Waals surface area contributed by atoms with Gasteiger partial charge in [0.15, 0.2) is 0 Å². The zero-order valence-corrected chi connectivity index (χ0v) is 10.9. The van der Waals surface area contributed by atoms with E-state index in [2.05, 4.69) is 17.1 Å². The maximum absolute atomic E-state index is 12.3. The van der Waals surface area contributed by atoms with Crippen LogP contribution in [0.25, 0.3) is 0 Å². The van der Waals surface area contributed by atoms with Gasteiger partial charge in [0.2, 0.25) is 0 Å². The molecular formula is C15H19N3O. The number of carbonyl (C=O) groups excluding carboxylic acids is 1. The SMILES string of the molecule is NCCN(CCc1ccccc1)C(=O)c1ccc[nH]1. The van der Waals surface area contributed by atoms with Crippen LogP contribution in [0, 0.1) is 0 Å². The van der Waals surface area contributed by atoms with Crippen LogP contribution in [-0.4, -0.2) is 35.4 Å². The predicted molar refractivity (Wildman–Crippen MR) is 75.9 cm³/mol. The summed E-state index contributed by atoms with van der Waals surface area (Å²) < 4.78 is 0. The van der Waals surface area contributed by atoms with Crippen LogP contribution in [0.2, 0.25) is 0 Å². The molecule has 4 nitrogen and oxygen atoms in total. The average molecular weight is 257 g/mol. The van der Waals surface area contributed by atoms with E-state index in [1.54, 1.807) is 17.2 Å². The van der Waals surface area contributed by atoms with Gasteiger partial charge in [0, 0.05) is 25.8 Å². The van der Waals surface area contributed by atoms with E-state index >= 15 is 0 Å². The summed E-state index contributed by atoms with van der Waals surface area (Å²) in [6, 6.07) is 13.8. The third kappa shape index (κ3) is 3.69. The van der Waals surface area contributed by atoms with E-state index < -0.39 is 0 Å². The molecule has 4 heteroatoms. The number of amides is 1. The van der Waals surface area contributed by atoms with Gasteiger partial charge in [-0.15, -0.1) is 0 Å². The fourth-order valence-corrected chi connectivity index (χ4v) is 2.01. The van der Waals surface area contributed by atoms with Gasteiger partial charge >= 0.3 is 0 Å². The number of nitrogens with zero attached hydrogens (tertiary/aromatic N) is 1. The van der Waals surface area contributed by atoms with Crippen molar-refractivity contribution >= 4 is 5.91 Å². The fraction of sp³-hybridized carbons (Fsp3) is 0.267. The van der Waals surface area contributed by atoms with E-state index in [-0.39, 0.29) is 5.91 Å². The van der Waals surface area contributed by atoms with Gasteiger partial charge in [-0.1, -0.05) is 30.3 Å². The summed E-state index contributed by atoms with van der Waals surface area (Å²) in [4.78, 5) is 17.0. The highest BCUT2D eigenvalue weighted by Gasteiger charge is 2.15. The maximum atomic E-state index is 12.3. The molecule has 0 saturated carbocycles. The van der Waals surface area contributed by atoms with Crippen molar-refractivity contribution in [3.63, 3.8) is 0 Å². The minimum Gasteiger partial charge on any atom is -0.357 e. The van der Waals surface area contributed by atoms with Crippen LogP contribution in [-0.2, 0) is 6.42 Å². The van der Waals surface area contributed by atoms with Crippen molar-refractivity contribution in [2.45, 2.75) is 6.42 Å². The summed E-state index contributed by atoms with van der Waals surface area (Å²) >= 11 is 0. The molecule has 2 aromatic rings. The summed E-state index contributed by atoms with van der Waals surface area (Å²) in [5, 5.41) is 0. The van der Waals surface area contributed by atoms with E-state index in [9.17, 15) is 4.79 Å². The molecule has 19 heavy (non-hydrogen) atoms. The fourth-order valence-electron chi connectivity index (χ4n) is 2.01. The largest absolute Gasteiger partial charge is 0.357 e. The Morgan fingerprint density at radius 2 is 1.89 bits per heavy atom. The molecule has 0 radical (unpaired) electrons. The summed E-state index contributed by atoms with van der Waals surface area (Å²) in [6.45, 7) is 1.73. The van der Waals surface area contributed by atoms with Gasteiger partial charge in [-0.2, -0.15) is 0 Å². The van der Waals surface area contributed by atoms with Crippen molar-refractivity contribution in [3.05, 3.63) is 59.9 Å². The highest BCUT2D eigenvalue weighted by molar-refractivity contribution is 5.92. The smallest absolute Gasteiger partial charge is 0.270 e. The molecule has 0 aliphatic heterocycles. The lowest BCUT2D eigenvalue weighted by Gasteiger charge is -2.21. The first kappa shape index (κ1) is 13.4. The number of carbonyl (C=O) groups is 1. The molecule has 0 unspecified atom stereocenters. The standard InChI is InChI=1S/C15H19N3O/c16-9-12-18(15(19)14-7-4-10-17-14)11-8-13-5-2-1-3-6-13/h1-7,10,17H,8-9,11-12,16H2. The molecular weight excluding hydrogens is 238 g/mol. The van der Waals surface area contributed by atoms with Crippen molar-refractivity contribution in [2.75, 3.05) is 19.6 Å². The van der Waals surface area contributed by atoms with E-state index in [0.717, 1.165) is 6.42 Å². The molecule has 100 valence electrons. The van der Waals surface area contributed by atoms with Crippen molar-refractivity contribution < 1.29 is 4.79 Å². The molecule has 3 N–H and O–H groups in total. The third-order valence-corrected chi connectivity index (χ3v) is 3.03. The number of hydrogen-bond donors (Lipinski definition) is 2. The average Bonchev–Trinajstić information content (AvgIpc) is 2.98. The molecule has 0 spiro atoms. The molecule has 2 rings (SSSR count). The topological polar surface area (TPSA) is 62.1 Å². The van der Waals surface area contributed by atoms with Gasteiger partial charge in [-0.05, 0) is 24.1 Å². The van der Waals surface area contributed by atoms with Gasteiger partial charge in [0.1, 0.15) is 5.69 Å². The van der Waals surface area contributed by atoms with Crippen LogP contribution >= 0.6 is 0 Å². The highest BCUT2D eigenvalue weighted by Crippen LogP contribution is 2.05. The first-order chi connectivity index (χ1) is 9.31. The lowest BCUT2D eigenvalue weighted by atomic mass is 10.1. The van der Waals surface area contributed by atoms with Crippen LogP contribution in [0.1, 0.15) is 16.1 Å². The Labute approximate surface area is 113 Å². The summed E-state index contributed by atoms with van der Waals surface area (Å²) in [5.41, 5.74) is 7.42. The monoisotopic (exact) mass is 257 g/mol. The Morgan fingerprint density at radius 3 is 2.53 bits per heavy atom. The van der Waals surface area contributed by atoms with Gasteiger partial charge in [0.25, 0.3) is 5.91 Å². The normalized spacial score (nSPS) is 10.4. The first-order valence-electron chi connectivity index (χ1n) is 6.48. The minimum absolute atomic E-state index is 0.00591. The number of hydrogen-bond acceptors (Lipinski definition) is 2. The third-order valence-electron chi connectivity index (χ3n) is 3.03. The van der Waals surface area contributed by atoms with Gasteiger partial charge < -0.3 is 15.6 Å². The van der Waals surface area contributed by atoms with Gasteiger partial charge in [0.05, 0.1) is 0 Å². The van der Waals surface area contributed by atoms with E-state index in [0.29, 0.717) is 25.3 Å². The molecule has 1 heterocycles. The Balaban J connectivity index is 1.98. The van der Waals surface area contributed by atoms with Crippen molar-refractivity contribution in [2.24, 2.45) is 5.73 Å². The van der Waals surface area contributed by atoms with Crippen molar-refractivity contribution in [1.82, 2.24) is 9.88 Å². The van der Waals surface area contributed by atoms with Crippen LogP contribution in [0.15, 0.2) is 48.7 Å². The molecule has 1 amide bonds. The number of benzene rings is 1. The molecule has 1 aromatic carbocycles. The van der Waals surface area contributed by atoms with E-state index in [1.165, 1.54) is 5.56 Å². The zero-order valence-electron chi connectivity index (χ0n) is 10.9. The molecule has 0 aliphatic rings. The second-order valence-corrected chi connectivity index (χ2v) is 4.40. The second-order valence-electron chi connectivity index (χ2n) is 4.40. The Bertz CT molecular complexity index is 493. The Hall–Kier alpha value is -2.07. The van der Waals surface area contributed by atoms with Crippen LogP contribution in [0.4, 0.5) is 0 Å². The highest BCUT2D eigenvalue weighted by atomic mass is 16.2. The second kappa shape index (κ2) is 6.75. The quantitative estimate of drug-likeness (QED) is 0.826. The van der Waals surface area contributed by atoms with Crippen LogP contribution in [0.5, 0.6) is 0 Å². The van der Waals surface area contributed by atoms with Crippen molar-refractivity contribution in [1.29, 1.82) is 0 Å². The summed E-state index contributed by atoms with van der Waals surface area (Å²) in [7, 11) is 0. The molecule has 0 bridgehead atoms. The molecule has 0 saturated heterocycles. The number of aromatic amines is 1. The van der Waals surface area contributed by atoms with Gasteiger partial charge in [-0.3, -0.25) is 4.79 Å². The first-order valence-corrected chi connectivity index (χ1v) is 6.48. The zero-order chi connectivity index (χ0) is 13.5. The maximum Gasteiger partial charge on any atom is 0.270 e. The number of nitrogens with one attached hydrogen (secondary N) is 1. The molecule has 0 fully saturated rings. The van der Waals surface area contributed by atoms with Crippen LogP contribution in [0.3, 0.4) is 0 Å². The van der Waals surface area contributed by atoms with Crippen LogP contribution < -0.4 is 5.73 Å². The molecule has 0 aliphatic carbocycles. The number of H-pyrrole nitrogens is 1. The molecule has 0 atom stereocenters. The minimum atomic E-state index is 0.00591. The van der Waals surface area contributed by atoms with E-state index in [1.807, 2.05) is 24.3 Å². The summed E-state index contributed by atoms with van der Waals surface area (Å²) in [5.74, 6) is 0.00591. The Kier molecular flexibility index (Phi) is 4.75. The molecule has 1 aromatic heterocycles.